The molecule has 0 saturated heterocycles. The summed E-state index contributed by atoms with van der Waals surface area (Å²) in [7, 11) is 0. The molecular weight excluding hydrogens is 269 g/mol. The van der Waals surface area contributed by atoms with Gasteiger partial charge in [0.05, 0.1) is 0 Å². The second-order valence-corrected chi connectivity index (χ2v) is 5.10. The van der Waals surface area contributed by atoms with Crippen molar-refractivity contribution in [1.82, 2.24) is 5.32 Å². The zero-order valence-electron chi connectivity index (χ0n) is 11.9. The van der Waals surface area contributed by atoms with E-state index in [-0.39, 0.29) is 11.9 Å². The van der Waals surface area contributed by atoms with Gasteiger partial charge in [-0.15, -0.1) is 0 Å². The van der Waals surface area contributed by atoms with Gasteiger partial charge in [-0.3, -0.25) is 0 Å². The number of rotatable bonds is 4. The molecule has 3 nitrogen and oxygen atoms in total. The minimum atomic E-state index is -0.181. The highest BCUT2D eigenvalue weighted by atomic mass is 19.1. The van der Waals surface area contributed by atoms with Crippen LogP contribution < -0.4 is 14.8 Å². The van der Waals surface area contributed by atoms with Crippen molar-refractivity contribution in [2.24, 2.45) is 0 Å². The van der Waals surface area contributed by atoms with E-state index in [1.807, 2.05) is 31.2 Å². The molecule has 2 aromatic carbocycles. The smallest absolute Gasteiger partial charge is 0.161 e. The van der Waals surface area contributed by atoms with E-state index >= 15 is 0 Å². The third-order valence-corrected chi connectivity index (χ3v) is 3.59. The second kappa shape index (κ2) is 6.14. The van der Waals surface area contributed by atoms with Crippen LogP contribution >= 0.6 is 0 Å². The molecule has 1 N–H and O–H groups in total. The van der Waals surface area contributed by atoms with Crippen LogP contribution in [0.1, 0.15) is 24.1 Å². The van der Waals surface area contributed by atoms with Crippen LogP contribution in [0.25, 0.3) is 0 Å². The van der Waals surface area contributed by atoms with Gasteiger partial charge in [-0.2, -0.15) is 0 Å². The number of ether oxygens (including phenoxy) is 2. The molecule has 1 aliphatic rings. The zero-order chi connectivity index (χ0) is 14.7. The zero-order valence-corrected chi connectivity index (χ0v) is 11.9. The van der Waals surface area contributed by atoms with E-state index in [0.717, 1.165) is 17.1 Å². The first-order valence-electron chi connectivity index (χ1n) is 7.10. The summed E-state index contributed by atoms with van der Waals surface area (Å²) in [6.45, 7) is 3.77. The Morgan fingerprint density at radius 2 is 1.86 bits per heavy atom. The maximum absolute atomic E-state index is 13.7. The standard InChI is InChI=1S/C17H18FNO2/c1-12(14-4-2-3-5-15(14)18)19-11-13-6-7-16-17(10-13)21-9-8-20-16/h2-7,10,12,19H,8-9,11H2,1H3. The van der Waals surface area contributed by atoms with Crippen molar-refractivity contribution >= 4 is 0 Å². The summed E-state index contributed by atoms with van der Waals surface area (Å²) in [5.74, 6) is 1.38. The van der Waals surface area contributed by atoms with Gasteiger partial charge in [0.1, 0.15) is 19.0 Å². The molecule has 21 heavy (non-hydrogen) atoms. The van der Waals surface area contributed by atoms with E-state index in [1.54, 1.807) is 12.1 Å². The molecule has 1 unspecified atom stereocenters. The van der Waals surface area contributed by atoms with E-state index in [9.17, 15) is 4.39 Å². The molecule has 0 aliphatic carbocycles. The Balaban J connectivity index is 1.66. The van der Waals surface area contributed by atoms with Gasteiger partial charge in [0, 0.05) is 18.2 Å². The average Bonchev–Trinajstić information content (AvgIpc) is 2.53. The SMILES string of the molecule is CC(NCc1ccc2c(c1)OCCO2)c1ccccc1F. The molecule has 0 radical (unpaired) electrons. The van der Waals surface area contributed by atoms with Gasteiger partial charge in [-0.05, 0) is 30.7 Å². The fourth-order valence-corrected chi connectivity index (χ4v) is 2.40. The first-order chi connectivity index (χ1) is 10.2. The lowest BCUT2D eigenvalue weighted by atomic mass is 10.1. The van der Waals surface area contributed by atoms with Gasteiger partial charge in [0.15, 0.2) is 11.5 Å². The van der Waals surface area contributed by atoms with Gasteiger partial charge < -0.3 is 14.8 Å². The number of benzene rings is 2. The number of hydrogen-bond donors (Lipinski definition) is 1. The number of fused-ring (bicyclic) bond motifs is 1. The predicted molar refractivity (Wildman–Crippen MR) is 79.1 cm³/mol. The largest absolute Gasteiger partial charge is 0.486 e. The third-order valence-electron chi connectivity index (χ3n) is 3.59. The molecule has 3 rings (SSSR count). The van der Waals surface area contributed by atoms with E-state index in [2.05, 4.69) is 5.32 Å². The van der Waals surface area contributed by atoms with Crippen molar-refractivity contribution in [2.75, 3.05) is 13.2 Å². The molecule has 0 aromatic heterocycles. The summed E-state index contributed by atoms with van der Waals surface area (Å²) in [5.41, 5.74) is 1.76. The quantitative estimate of drug-likeness (QED) is 0.934. The molecule has 110 valence electrons. The summed E-state index contributed by atoms with van der Waals surface area (Å²) in [6.07, 6.45) is 0. The molecule has 0 spiro atoms. The van der Waals surface area contributed by atoms with E-state index < -0.39 is 0 Å². The fourth-order valence-electron chi connectivity index (χ4n) is 2.40. The molecule has 2 aromatic rings. The van der Waals surface area contributed by atoms with Crippen LogP contribution in [0, 0.1) is 5.82 Å². The van der Waals surface area contributed by atoms with Crippen molar-refractivity contribution < 1.29 is 13.9 Å². The highest BCUT2D eigenvalue weighted by Gasteiger charge is 2.13. The van der Waals surface area contributed by atoms with Crippen molar-refractivity contribution in [3.05, 3.63) is 59.4 Å². The Morgan fingerprint density at radius 3 is 2.67 bits per heavy atom. The van der Waals surface area contributed by atoms with Crippen LogP contribution in [0.5, 0.6) is 11.5 Å². The number of nitrogens with one attached hydrogen (secondary N) is 1. The van der Waals surface area contributed by atoms with Gasteiger partial charge >= 0.3 is 0 Å². The molecular formula is C17H18FNO2. The molecule has 0 fully saturated rings. The summed E-state index contributed by atoms with van der Waals surface area (Å²) in [5, 5.41) is 3.33. The summed E-state index contributed by atoms with van der Waals surface area (Å²) in [6, 6.07) is 12.7. The minimum Gasteiger partial charge on any atom is -0.486 e. The van der Waals surface area contributed by atoms with Gasteiger partial charge in [-0.1, -0.05) is 24.3 Å². The topological polar surface area (TPSA) is 30.5 Å². The third kappa shape index (κ3) is 3.16. The van der Waals surface area contributed by atoms with E-state index in [0.29, 0.717) is 25.3 Å². The Labute approximate surface area is 123 Å². The Kier molecular flexibility index (Phi) is 4.06. The van der Waals surface area contributed by atoms with Crippen molar-refractivity contribution in [3.8, 4) is 11.5 Å². The molecule has 1 heterocycles. The van der Waals surface area contributed by atoms with Gasteiger partial charge in [0.25, 0.3) is 0 Å². The van der Waals surface area contributed by atoms with E-state index in [4.69, 9.17) is 9.47 Å². The predicted octanol–water partition coefficient (Wildman–Crippen LogP) is 3.45. The van der Waals surface area contributed by atoms with Crippen LogP contribution in [-0.2, 0) is 6.54 Å². The highest BCUT2D eigenvalue weighted by Crippen LogP contribution is 2.30. The van der Waals surface area contributed by atoms with E-state index in [1.165, 1.54) is 6.07 Å². The monoisotopic (exact) mass is 287 g/mol. The first-order valence-corrected chi connectivity index (χ1v) is 7.10. The molecule has 1 atom stereocenters. The lowest BCUT2D eigenvalue weighted by molar-refractivity contribution is 0.171. The highest BCUT2D eigenvalue weighted by molar-refractivity contribution is 5.43. The summed E-state index contributed by atoms with van der Waals surface area (Å²) in [4.78, 5) is 0. The lowest BCUT2D eigenvalue weighted by Gasteiger charge is -2.20. The Hall–Kier alpha value is -2.07. The maximum Gasteiger partial charge on any atom is 0.161 e. The minimum absolute atomic E-state index is 0.0561. The van der Waals surface area contributed by atoms with Crippen molar-refractivity contribution in [3.63, 3.8) is 0 Å². The van der Waals surface area contributed by atoms with Crippen molar-refractivity contribution in [1.29, 1.82) is 0 Å². The van der Waals surface area contributed by atoms with Crippen LogP contribution in [-0.4, -0.2) is 13.2 Å². The number of hydrogen-bond acceptors (Lipinski definition) is 3. The van der Waals surface area contributed by atoms with Crippen molar-refractivity contribution in [2.45, 2.75) is 19.5 Å². The van der Waals surface area contributed by atoms with Crippen LogP contribution in [0.3, 0.4) is 0 Å². The molecule has 4 heteroatoms. The molecule has 0 amide bonds. The van der Waals surface area contributed by atoms with Gasteiger partial charge in [0.2, 0.25) is 0 Å². The van der Waals surface area contributed by atoms with Crippen LogP contribution in [0.15, 0.2) is 42.5 Å². The molecule has 0 saturated carbocycles. The van der Waals surface area contributed by atoms with Crippen LogP contribution in [0.2, 0.25) is 0 Å². The fraction of sp³-hybridized carbons (Fsp3) is 0.294. The molecule has 1 aliphatic heterocycles. The average molecular weight is 287 g/mol. The first kappa shape index (κ1) is 13.9. The molecule has 0 bridgehead atoms. The summed E-state index contributed by atoms with van der Waals surface area (Å²) >= 11 is 0. The van der Waals surface area contributed by atoms with Gasteiger partial charge in [-0.25, -0.2) is 4.39 Å². The number of halogens is 1. The van der Waals surface area contributed by atoms with Crippen LogP contribution in [0.4, 0.5) is 4.39 Å². The Morgan fingerprint density at radius 1 is 1.10 bits per heavy atom. The second-order valence-electron chi connectivity index (χ2n) is 5.10. The lowest BCUT2D eigenvalue weighted by Crippen LogP contribution is -2.20. The normalized spacial score (nSPS) is 14.8. The maximum atomic E-state index is 13.7. The summed E-state index contributed by atoms with van der Waals surface area (Å²) < 4.78 is 24.8. The Bertz CT molecular complexity index is 630.